The second-order valence-electron chi connectivity index (χ2n) is 3.26. The van der Waals surface area contributed by atoms with Gasteiger partial charge in [0.2, 0.25) is 0 Å². The summed E-state index contributed by atoms with van der Waals surface area (Å²) in [6.45, 7) is 0. The maximum atomic E-state index is 11.4. The Bertz CT molecular complexity index is 446. The molecule has 0 aliphatic rings. The van der Waals surface area contributed by atoms with E-state index in [-0.39, 0.29) is 23.7 Å². The summed E-state index contributed by atoms with van der Waals surface area (Å²) in [5.41, 5.74) is 0. The first kappa shape index (κ1) is 12.4. The van der Waals surface area contributed by atoms with E-state index in [9.17, 15) is 13.2 Å². The molecule has 0 unspecified atom stereocenters. The number of hydrogen-bond donors (Lipinski definition) is 0. The molecule has 1 aromatic heterocycles. The molecular formula is C9H11BrO4S. The standard InChI is InChI=1S/C9H11BrO4S/c1-15(12,13)6-2-3-7(11)8-4-5-9(10)14-8/h4-5H,2-3,6H2,1H3. The number of furan rings is 1. The molecule has 0 aliphatic carbocycles. The molecule has 0 atom stereocenters. The van der Waals surface area contributed by atoms with E-state index in [1.54, 1.807) is 12.1 Å². The number of ketones is 1. The van der Waals surface area contributed by atoms with Gasteiger partial charge in [-0.25, -0.2) is 8.42 Å². The number of rotatable bonds is 5. The summed E-state index contributed by atoms with van der Waals surface area (Å²) in [5.74, 6) is 0.111. The van der Waals surface area contributed by atoms with Crippen molar-refractivity contribution in [3.8, 4) is 0 Å². The molecule has 0 aliphatic heterocycles. The van der Waals surface area contributed by atoms with E-state index in [4.69, 9.17) is 4.42 Å². The number of carbonyl (C=O) groups excluding carboxylic acids is 1. The van der Waals surface area contributed by atoms with Gasteiger partial charge in [0.25, 0.3) is 0 Å². The van der Waals surface area contributed by atoms with E-state index in [0.717, 1.165) is 6.26 Å². The fourth-order valence-electron chi connectivity index (χ4n) is 1.08. The van der Waals surface area contributed by atoms with Crippen LogP contribution in [0, 0.1) is 0 Å². The van der Waals surface area contributed by atoms with Gasteiger partial charge in [-0.05, 0) is 34.5 Å². The Labute approximate surface area is 96.7 Å². The second-order valence-corrected chi connectivity index (χ2v) is 6.30. The van der Waals surface area contributed by atoms with Crippen molar-refractivity contribution in [1.82, 2.24) is 0 Å². The molecule has 4 nitrogen and oxygen atoms in total. The van der Waals surface area contributed by atoms with Gasteiger partial charge < -0.3 is 4.42 Å². The average molecular weight is 295 g/mol. The SMILES string of the molecule is CS(=O)(=O)CCCC(=O)c1ccc(Br)o1. The first-order valence-corrected chi connectivity index (χ1v) is 7.20. The van der Waals surface area contributed by atoms with Crippen molar-refractivity contribution in [2.24, 2.45) is 0 Å². The predicted octanol–water partition coefficient (Wildman–Crippen LogP) is 2.05. The van der Waals surface area contributed by atoms with Crippen molar-refractivity contribution in [3.05, 3.63) is 22.6 Å². The van der Waals surface area contributed by atoms with Crippen molar-refractivity contribution in [2.75, 3.05) is 12.0 Å². The molecule has 0 fully saturated rings. The maximum absolute atomic E-state index is 11.4. The van der Waals surface area contributed by atoms with Crippen LogP contribution < -0.4 is 0 Å². The highest BCUT2D eigenvalue weighted by Crippen LogP contribution is 2.16. The van der Waals surface area contributed by atoms with E-state index in [0.29, 0.717) is 11.1 Å². The van der Waals surface area contributed by atoms with Gasteiger partial charge in [-0.2, -0.15) is 0 Å². The molecule has 0 N–H and O–H groups in total. The van der Waals surface area contributed by atoms with E-state index in [1.165, 1.54) is 0 Å². The topological polar surface area (TPSA) is 64.3 Å². The summed E-state index contributed by atoms with van der Waals surface area (Å²) in [5, 5.41) is 0. The third kappa shape index (κ3) is 4.61. The Hall–Kier alpha value is -0.620. The minimum absolute atomic E-state index is 0.0284. The van der Waals surface area contributed by atoms with E-state index in [1.807, 2.05) is 0 Å². The monoisotopic (exact) mass is 294 g/mol. The van der Waals surface area contributed by atoms with Crippen molar-refractivity contribution >= 4 is 31.6 Å². The molecule has 1 rings (SSSR count). The van der Waals surface area contributed by atoms with Crippen molar-refractivity contribution < 1.29 is 17.6 Å². The lowest BCUT2D eigenvalue weighted by Gasteiger charge is -1.97. The molecule has 0 spiro atoms. The van der Waals surface area contributed by atoms with Gasteiger partial charge >= 0.3 is 0 Å². The van der Waals surface area contributed by atoms with Gasteiger partial charge in [-0.1, -0.05) is 0 Å². The summed E-state index contributed by atoms with van der Waals surface area (Å²) in [6, 6.07) is 3.19. The Balaban J connectivity index is 2.44. The fraction of sp³-hybridized carbons (Fsp3) is 0.444. The average Bonchev–Trinajstić information content (AvgIpc) is 2.49. The molecule has 0 amide bonds. The van der Waals surface area contributed by atoms with Crippen molar-refractivity contribution in [3.63, 3.8) is 0 Å². The minimum atomic E-state index is -2.99. The van der Waals surface area contributed by atoms with Crippen LogP contribution in [0.3, 0.4) is 0 Å². The third-order valence-corrected chi connectivity index (χ3v) is 3.22. The zero-order chi connectivity index (χ0) is 11.5. The van der Waals surface area contributed by atoms with Crippen molar-refractivity contribution in [2.45, 2.75) is 12.8 Å². The molecular weight excluding hydrogens is 284 g/mol. The molecule has 84 valence electrons. The smallest absolute Gasteiger partial charge is 0.198 e. The molecule has 1 heterocycles. The lowest BCUT2D eigenvalue weighted by atomic mass is 10.2. The summed E-state index contributed by atoms with van der Waals surface area (Å²) in [6.07, 6.45) is 1.67. The molecule has 0 bridgehead atoms. The molecule has 0 aromatic carbocycles. The molecule has 0 saturated carbocycles. The highest BCUT2D eigenvalue weighted by atomic mass is 79.9. The number of halogens is 1. The summed E-state index contributed by atoms with van der Waals surface area (Å²) in [4.78, 5) is 11.4. The minimum Gasteiger partial charge on any atom is -0.446 e. The highest BCUT2D eigenvalue weighted by Gasteiger charge is 2.11. The van der Waals surface area contributed by atoms with Crippen LogP contribution in [0.2, 0.25) is 0 Å². The predicted molar refractivity (Wildman–Crippen MR) is 59.7 cm³/mol. The molecule has 0 saturated heterocycles. The number of hydrogen-bond acceptors (Lipinski definition) is 4. The number of Topliss-reactive ketones (excluding diaryl/α,β-unsaturated/α-hetero) is 1. The number of sulfone groups is 1. The Morgan fingerprint density at radius 1 is 1.47 bits per heavy atom. The van der Waals surface area contributed by atoms with Crippen LogP contribution >= 0.6 is 15.9 Å². The van der Waals surface area contributed by atoms with E-state index < -0.39 is 9.84 Å². The Kier molecular flexibility index (Phi) is 4.10. The Morgan fingerprint density at radius 3 is 2.60 bits per heavy atom. The molecule has 6 heteroatoms. The molecule has 1 aromatic rings. The summed E-state index contributed by atoms with van der Waals surface area (Å²) >= 11 is 3.09. The van der Waals surface area contributed by atoms with Crippen LogP contribution in [-0.2, 0) is 9.84 Å². The zero-order valence-corrected chi connectivity index (χ0v) is 10.6. The van der Waals surface area contributed by atoms with E-state index in [2.05, 4.69) is 15.9 Å². The summed E-state index contributed by atoms with van der Waals surface area (Å²) < 4.78 is 27.2. The van der Waals surface area contributed by atoms with Crippen molar-refractivity contribution in [1.29, 1.82) is 0 Å². The van der Waals surface area contributed by atoms with Gasteiger partial charge in [0.1, 0.15) is 9.84 Å². The largest absolute Gasteiger partial charge is 0.446 e. The third-order valence-electron chi connectivity index (χ3n) is 1.77. The first-order chi connectivity index (χ1) is 6.88. The summed E-state index contributed by atoms with van der Waals surface area (Å²) in [7, 11) is -2.99. The first-order valence-electron chi connectivity index (χ1n) is 4.35. The molecule has 15 heavy (non-hydrogen) atoms. The van der Waals surface area contributed by atoms with Crippen LogP contribution in [0.5, 0.6) is 0 Å². The lowest BCUT2D eigenvalue weighted by molar-refractivity contribution is 0.0954. The number of carbonyl (C=O) groups is 1. The molecule has 0 radical (unpaired) electrons. The van der Waals surface area contributed by atoms with Crippen LogP contribution in [0.4, 0.5) is 0 Å². The Morgan fingerprint density at radius 2 is 2.13 bits per heavy atom. The van der Waals surface area contributed by atoms with Gasteiger partial charge in [-0.3, -0.25) is 4.79 Å². The van der Waals surface area contributed by atoms with Gasteiger partial charge in [0.15, 0.2) is 16.2 Å². The van der Waals surface area contributed by atoms with Crippen LogP contribution in [0.1, 0.15) is 23.4 Å². The quantitative estimate of drug-likeness (QED) is 0.780. The fourth-order valence-corrected chi connectivity index (χ4v) is 2.06. The van der Waals surface area contributed by atoms with Gasteiger partial charge in [0.05, 0.1) is 5.75 Å². The normalized spacial score (nSPS) is 11.6. The highest BCUT2D eigenvalue weighted by molar-refractivity contribution is 9.10. The lowest BCUT2D eigenvalue weighted by Crippen LogP contribution is -2.06. The maximum Gasteiger partial charge on any atom is 0.198 e. The second kappa shape index (κ2) is 4.94. The van der Waals surface area contributed by atoms with E-state index >= 15 is 0 Å². The van der Waals surface area contributed by atoms with Gasteiger partial charge in [0, 0.05) is 12.7 Å². The van der Waals surface area contributed by atoms with Crippen LogP contribution in [0.15, 0.2) is 21.2 Å². The van der Waals surface area contributed by atoms with Crippen LogP contribution in [0.25, 0.3) is 0 Å². The zero-order valence-electron chi connectivity index (χ0n) is 8.20. The van der Waals surface area contributed by atoms with Crippen LogP contribution in [-0.4, -0.2) is 26.2 Å². The van der Waals surface area contributed by atoms with Gasteiger partial charge in [-0.15, -0.1) is 0 Å².